The number of hydrogen-bond donors (Lipinski definition) is 2. The quantitative estimate of drug-likeness (QED) is 0.477. The van der Waals surface area contributed by atoms with Crippen molar-refractivity contribution in [1.82, 2.24) is 15.5 Å². The highest BCUT2D eigenvalue weighted by molar-refractivity contribution is 7.92. The molecule has 0 saturated carbocycles. The van der Waals surface area contributed by atoms with Crippen LogP contribution < -0.4 is 14.9 Å². The van der Waals surface area contributed by atoms with Crippen molar-refractivity contribution in [3.8, 4) is 0 Å². The van der Waals surface area contributed by atoms with Crippen molar-refractivity contribution in [3.05, 3.63) is 54.0 Å². The Morgan fingerprint density at radius 2 is 1.94 bits per heavy atom. The lowest BCUT2D eigenvalue weighted by Crippen LogP contribution is -2.44. The van der Waals surface area contributed by atoms with Gasteiger partial charge >= 0.3 is 0 Å². The molecule has 0 radical (unpaired) electrons. The SMILES string of the molecule is CN=C(NCCS(=O)(=O)N1CCc2ccccc21)NCC(c1ccco1)N1CCCC1. The van der Waals surface area contributed by atoms with Crippen LogP contribution in [0.2, 0.25) is 0 Å². The number of nitrogens with one attached hydrogen (secondary N) is 2. The number of guanidine groups is 1. The van der Waals surface area contributed by atoms with Crippen LogP contribution in [0.15, 0.2) is 52.1 Å². The minimum absolute atomic E-state index is 0.00969. The number of sulfonamides is 1. The Labute approximate surface area is 184 Å². The van der Waals surface area contributed by atoms with E-state index < -0.39 is 10.0 Å². The molecule has 2 N–H and O–H groups in total. The molecule has 2 aromatic rings. The molecule has 1 aromatic heterocycles. The number of likely N-dealkylation sites (tertiary alicyclic amines) is 1. The third-order valence-electron chi connectivity index (χ3n) is 5.97. The molecule has 0 bridgehead atoms. The summed E-state index contributed by atoms with van der Waals surface area (Å²) in [5, 5.41) is 6.48. The predicted molar refractivity (Wildman–Crippen MR) is 123 cm³/mol. The van der Waals surface area contributed by atoms with E-state index in [0.717, 1.165) is 36.5 Å². The van der Waals surface area contributed by atoms with E-state index in [1.807, 2.05) is 36.4 Å². The molecule has 1 saturated heterocycles. The summed E-state index contributed by atoms with van der Waals surface area (Å²) in [5.41, 5.74) is 1.89. The molecular formula is C22H31N5O3S. The molecule has 31 heavy (non-hydrogen) atoms. The summed E-state index contributed by atoms with van der Waals surface area (Å²) in [6.45, 7) is 3.54. The zero-order valence-electron chi connectivity index (χ0n) is 18.0. The molecule has 2 aliphatic rings. The summed E-state index contributed by atoms with van der Waals surface area (Å²) in [6, 6.07) is 11.7. The van der Waals surface area contributed by atoms with Gasteiger partial charge < -0.3 is 15.1 Å². The Bertz CT molecular complexity index is 984. The number of furan rings is 1. The Morgan fingerprint density at radius 1 is 1.13 bits per heavy atom. The first-order valence-electron chi connectivity index (χ1n) is 10.9. The third kappa shape index (κ3) is 5.04. The topological polar surface area (TPSA) is 90.2 Å². The molecular weight excluding hydrogens is 414 g/mol. The van der Waals surface area contributed by atoms with Gasteiger partial charge in [-0.15, -0.1) is 0 Å². The van der Waals surface area contributed by atoms with Gasteiger partial charge in [-0.05, 0) is 56.1 Å². The monoisotopic (exact) mass is 445 g/mol. The van der Waals surface area contributed by atoms with Crippen LogP contribution in [-0.2, 0) is 16.4 Å². The Hall–Kier alpha value is -2.52. The lowest BCUT2D eigenvalue weighted by Gasteiger charge is -2.26. The molecule has 0 aliphatic carbocycles. The molecule has 3 heterocycles. The highest BCUT2D eigenvalue weighted by atomic mass is 32.2. The Morgan fingerprint density at radius 3 is 2.68 bits per heavy atom. The number of hydrogen-bond acceptors (Lipinski definition) is 5. The van der Waals surface area contributed by atoms with Crippen molar-refractivity contribution < 1.29 is 12.8 Å². The molecule has 0 spiro atoms. The van der Waals surface area contributed by atoms with Crippen molar-refractivity contribution in [3.63, 3.8) is 0 Å². The maximum Gasteiger partial charge on any atom is 0.236 e. The van der Waals surface area contributed by atoms with Gasteiger partial charge in [0.1, 0.15) is 5.76 Å². The van der Waals surface area contributed by atoms with Crippen LogP contribution in [0.4, 0.5) is 5.69 Å². The molecule has 8 nitrogen and oxygen atoms in total. The maximum atomic E-state index is 12.9. The molecule has 9 heteroatoms. The van der Waals surface area contributed by atoms with Gasteiger partial charge in [-0.2, -0.15) is 0 Å². The molecule has 4 rings (SSSR count). The van der Waals surface area contributed by atoms with E-state index in [1.54, 1.807) is 13.3 Å². The Balaban J connectivity index is 1.30. The first kappa shape index (κ1) is 21.7. The van der Waals surface area contributed by atoms with E-state index in [2.05, 4.69) is 20.5 Å². The summed E-state index contributed by atoms with van der Waals surface area (Å²) in [7, 11) is -1.70. The molecule has 1 aromatic carbocycles. The number of anilines is 1. The second kappa shape index (κ2) is 9.74. The lowest BCUT2D eigenvalue weighted by molar-refractivity contribution is 0.215. The van der Waals surface area contributed by atoms with Crippen LogP contribution >= 0.6 is 0 Å². The van der Waals surface area contributed by atoms with Crippen molar-refractivity contribution in [1.29, 1.82) is 0 Å². The van der Waals surface area contributed by atoms with Gasteiger partial charge in [0.25, 0.3) is 0 Å². The van der Waals surface area contributed by atoms with Crippen LogP contribution in [0.1, 0.15) is 30.2 Å². The van der Waals surface area contributed by atoms with Crippen LogP contribution in [0, 0.1) is 0 Å². The smallest absolute Gasteiger partial charge is 0.236 e. The van der Waals surface area contributed by atoms with Crippen LogP contribution in [0.25, 0.3) is 0 Å². The number of rotatable bonds is 8. The fourth-order valence-corrected chi connectivity index (χ4v) is 5.79. The average Bonchev–Trinajstić information content (AvgIpc) is 3.54. The number of benzene rings is 1. The number of para-hydroxylation sites is 1. The third-order valence-corrected chi connectivity index (χ3v) is 7.74. The minimum atomic E-state index is -3.39. The van der Waals surface area contributed by atoms with Gasteiger partial charge in [-0.3, -0.25) is 14.2 Å². The largest absolute Gasteiger partial charge is 0.468 e. The van der Waals surface area contributed by atoms with Crippen LogP contribution in [-0.4, -0.2) is 64.8 Å². The lowest BCUT2D eigenvalue weighted by atomic mass is 10.2. The van der Waals surface area contributed by atoms with Crippen molar-refractivity contribution >= 4 is 21.7 Å². The predicted octanol–water partition coefficient (Wildman–Crippen LogP) is 1.97. The zero-order valence-corrected chi connectivity index (χ0v) is 18.8. The normalized spacial score (nSPS) is 18.2. The highest BCUT2D eigenvalue weighted by Gasteiger charge is 2.29. The fourth-order valence-electron chi connectivity index (χ4n) is 4.36. The molecule has 1 fully saturated rings. The molecule has 1 atom stereocenters. The van der Waals surface area contributed by atoms with Gasteiger partial charge in [0.2, 0.25) is 10.0 Å². The van der Waals surface area contributed by atoms with E-state index in [4.69, 9.17) is 4.42 Å². The molecule has 168 valence electrons. The van der Waals surface area contributed by atoms with Crippen molar-refractivity contribution in [2.75, 3.05) is 49.8 Å². The van der Waals surface area contributed by atoms with Crippen LogP contribution in [0.3, 0.4) is 0 Å². The van der Waals surface area contributed by atoms with E-state index >= 15 is 0 Å². The first-order chi connectivity index (χ1) is 15.1. The first-order valence-corrected chi connectivity index (χ1v) is 12.5. The van der Waals surface area contributed by atoms with Crippen molar-refractivity contribution in [2.24, 2.45) is 4.99 Å². The molecule has 1 unspecified atom stereocenters. The van der Waals surface area contributed by atoms with Crippen molar-refractivity contribution in [2.45, 2.75) is 25.3 Å². The summed E-state index contributed by atoms with van der Waals surface area (Å²) >= 11 is 0. The highest BCUT2D eigenvalue weighted by Crippen LogP contribution is 2.30. The van der Waals surface area contributed by atoms with Gasteiger partial charge in [0, 0.05) is 26.7 Å². The summed E-state index contributed by atoms with van der Waals surface area (Å²) in [4.78, 5) is 6.67. The van der Waals surface area contributed by atoms with Crippen LogP contribution in [0.5, 0.6) is 0 Å². The molecule has 2 aliphatic heterocycles. The second-order valence-electron chi connectivity index (χ2n) is 7.92. The zero-order chi connectivity index (χ0) is 21.7. The van der Waals surface area contributed by atoms with E-state index in [-0.39, 0.29) is 18.3 Å². The molecule has 0 amide bonds. The van der Waals surface area contributed by atoms with Gasteiger partial charge in [0.05, 0.1) is 23.7 Å². The number of aliphatic imine (C=N–C) groups is 1. The summed E-state index contributed by atoms with van der Waals surface area (Å²) < 4.78 is 32.9. The minimum Gasteiger partial charge on any atom is -0.468 e. The standard InChI is InChI=1S/C22H31N5O3S/c1-23-22(25-17-20(21-9-6-15-30-21)26-12-4-5-13-26)24-11-16-31(28,29)27-14-10-18-7-2-3-8-19(18)27/h2-3,6-9,15,20H,4-5,10-14,16-17H2,1H3,(H2,23,24,25). The Kier molecular flexibility index (Phi) is 6.82. The van der Waals surface area contributed by atoms with E-state index in [9.17, 15) is 8.42 Å². The van der Waals surface area contributed by atoms with Gasteiger partial charge in [-0.1, -0.05) is 18.2 Å². The maximum absolute atomic E-state index is 12.9. The summed E-state index contributed by atoms with van der Waals surface area (Å²) in [5.74, 6) is 1.53. The number of nitrogens with zero attached hydrogens (tertiary/aromatic N) is 3. The van der Waals surface area contributed by atoms with E-state index in [1.165, 1.54) is 17.1 Å². The summed E-state index contributed by atoms with van der Waals surface area (Å²) in [6.07, 6.45) is 4.85. The second-order valence-corrected chi connectivity index (χ2v) is 9.93. The van der Waals surface area contributed by atoms with Gasteiger partial charge in [0.15, 0.2) is 5.96 Å². The average molecular weight is 446 g/mol. The van der Waals surface area contributed by atoms with E-state index in [0.29, 0.717) is 19.0 Å². The fraction of sp³-hybridized carbons (Fsp3) is 0.500. The van der Waals surface area contributed by atoms with Gasteiger partial charge in [-0.25, -0.2) is 8.42 Å². The number of fused-ring (bicyclic) bond motifs is 1.